The zero-order valence-corrected chi connectivity index (χ0v) is 10.2. The lowest BCUT2D eigenvalue weighted by molar-refractivity contribution is 0.0378. The van der Waals surface area contributed by atoms with Crippen molar-refractivity contribution in [1.29, 1.82) is 0 Å². The van der Waals surface area contributed by atoms with Crippen LogP contribution >= 0.6 is 27.7 Å². The lowest BCUT2D eigenvalue weighted by Crippen LogP contribution is -2.50. The summed E-state index contributed by atoms with van der Waals surface area (Å²) in [6.45, 7) is 1.48. The Morgan fingerprint density at radius 1 is 1.57 bits per heavy atom. The SMILES string of the molecule is NN1CCC(O)(C2=NC(Br)CS2)CC1. The van der Waals surface area contributed by atoms with Crippen molar-refractivity contribution in [2.45, 2.75) is 23.4 Å². The van der Waals surface area contributed by atoms with Gasteiger partial charge >= 0.3 is 0 Å². The molecular formula is C8H14BrN3OS. The number of aliphatic hydroxyl groups is 1. The number of hydrogen-bond acceptors (Lipinski definition) is 5. The molecule has 4 nitrogen and oxygen atoms in total. The lowest BCUT2D eigenvalue weighted by Gasteiger charge is -2.35. The minimum Gasteiger partial charge on any atom is -0.383 e. The van der Waals surface area contributed by atoms with Crippen molar-refractivity contribution >= 4 is 32.7 Å². The zero-order valence-electron chi connectivity index (χ0n) is 7.82. The minimum atomic E-state index is -0.719. The Balaban J connectivity index is 2.05. The standard InChI is InChI=1S/C8H14BrN3OS/c9-6-5-14-7(11-6)8(13)1-3-12(10)4-2-8/h6,13H,1-5,10H2. The Hall–Kier alpha value is 0.380. The highest BCUT2D eigenvalue weighted by molar-refractivity contribution is 9.09. The molecule has 0 aromatic heterocycles. The van der Waals surface area contributed by atoms with Crippen LogP contribution in [-0.4, -0.2) is 44.6 Å². The number of aliphatic imine (C=N–C) groups is 1. The predicted octanol–water partition coefficient (Wildman–Crippen LogP) is 0.553. The Bertz CT molecular complexity index is 253. The van der Waals surface area contributed by atoms with Gasteiger partial charge in [0, 0.05) is 18.8 Å². The molecule has 0 aliphatic carbocycles. The van der Waals surface area contributed by atoms with Crippen LogP contribution in [0.2, 0.25) is 0 Å². The van der Waals surface area contributed by atoms with E-state index in [2.05, 4.69) is 20.9 Å². The van der Waals surface area contributed by atoms with Gasteiger partial charge in [-0.1, -0.05) is 15.9 Å². The van der Waals surface area contributed by atoms with Crippen molar-refractivity contribution in [1.82, 2.24) is 5.01 Å². The molecule has 2 aliphatic heterocycles. The number of piperidine rings is 1. The molecular weight excluding hydrogens is 266 g/mol. The van der Waals surface area contributed by atoms with E-state index in [1.165, 1.54) is 0 Å². The van der Waals surface area contributed by atoms with Crippen molar-refractivity contribution < 1.29 is 5.11 Å². The van der Waals surface area contributed by atoms with Crippen LogP contribution in [0, 0.1) is 0 Å². The van der Waals surface area contributed by atoms with E-state index in [1.807, 2.05) is 0 Å². The first kappa shape index (κ1) is 10.9. The predicted molar refractivity (Wildman–Crippen MR) is 62.6 cm³/mol. The maximum absolute atomic E-state index is 10.4. The fourth-order valence-corrected chi connectivity index (χ4v) is 3.49. The van der Waals surface area contributed by atoms with Gasteiger partial charge in [-0.15, -0.1) is 11.8 Å². The quantitative estimate of drug-likeness (QED) is 0.418. The summed E-state index contributed by atoms with van der Waals surface area (Å²) in [5.74, 6) is 6.57. The molecule has 1 atom stereocenters. The Kier molecular flexibility index (Phi) is 3.18. The maximum Gasteiger partial charge on any atom is 0.115 e. The van der Waals surface area contributed by atoms with E-state index in [1.54, 1.807) is 16.8 Å². The third kappa shape index (κ3) is 2.14. The van der Waals surface area contributed by atoms with Crippen LogP contribution in [0.3, 0.4) is 0 Å². The average Bonchev–Trinajstić information content (AvgIpc) is 2.58. The van der Waals surface area contributed by atoms with Gasteiger partial charge in [-0.3, -0.25) is 10.8 Å². The first-order valence-electron chi connectivity index (χ1n) is 4.67. The summed E-state index contributed by atoms with van der Waals surface area (Å²) in [5, 5.41) is 13.0. The lowest BCUT2D eigenvalue weighted by atomic mass is 9.93. The molecule has 3 N–H and O–H groups in total. The van der Waals surface area contributed by atoms with E-state index >= 15 is 0 Å². The van der Waals surface area contributed by atoms with Crippen LogP contribution in [0.4, 0.5) is 0 Å². The normalized spacial score (nSPS) is 33.1. The van der Waals surface area contributed by atoms with Gasteiger partial charge in [-0.2, -0.15) is 0 Å². The molecule has 80 valence electrons. The van der Waals surface area contributed by atoms with Crippen LogP contribution in [0.1, 0.15) is 12.8 Å². The molecule has 0 amide bonds. The summed E-state index contributed by atoms with van der Waals surface area (Å²) in [7, 11) is 0. The second-order valence-corrected chi connectivity index (χ2v) is 5.81. The smallest absolute Gasteiger partial charge is 0.115 e. The van der Waals surface area contributed by atoms with Gasteiger partial charge in [0.25, 0.3) is 0 Å². The van der Waals surface area contributed by atoms with Crippen molar-refractivity contribution in [2.24, 2.45) is 10.8 Å². The average molecular weight is 280 g/mol. The van der Waals surface area contributed by atoms with Crippen molar-refractivity contribution in [3.8, 4) is 0 Å². The van der Waals surface area contributed by atoms with Crippen LogP contribution in [0.25, 0.3) is 0 Å². The molecule has 14 heavy (non-hydrogen) atoms. The molecule has 0 aromatic rings. The number of hydrogen-bond donors (Lipinski definition) is 2. The van der Waals surface area contributed by atoms with E-state index in [9.17, 15) is 5.11 Å². The molecule has 0 aromatic carbocycles. The van der Waals surface area contributed by atoms with Crippen molar-refractivity contribution in [2.75, 3.05) is 18.8 Å². The van der Waals surface area contributed by atoms with Gasteiger partial charge in [0.2, 0.25) is 0 Å². The molecule has 2 rings (SSSR count). The molecule has 6 heteroatoms. The molecule has 0 bridgehead atoms. The van der Waals surface area contributed by atoms with Crippen LogP contribution < -0.4 is 5.84 Å². The van der Waals surface area contributed by atoms with E-state index in [0.29, 0.717) is 12.8 Å². The number of alkyl halides is 1. The molecule has 2 aliphatic rings. The number of nitrogens with zero attached hydrogens (tertiary/aromatic N) is 2. The molecule has 1 unspecified atom stereocenters. The molecule has 2 heterocycles. The van der Waals surface area contributed by atoms with E-state index in [4.69, 9.17) is 5.84 Å². The van der Waals surface area contributed by atoms with Crippen LogP contribution in [-0.2, 0) is 0 Å². The van der Waals surface area contributed by atoms with Crippen molar-refractivity contribution in [3.05, 3.63) is 0 Å². The molecule has 1 fully saturated rings. The first-order chi connectivity index (χ1) is 6.60. The fraction of sp³-hybridized carbons (Fsp3) is 0.875. The van der Waals surface area contributed by atoms with Gasteiger partial charge in [0.15, 0.2) is 0 Å². The molecule has 0 spiro atoms. The van der Waals surface area contributed by atoms with Gasteiger partial charge in [0.1, 0.15) is 15.6 Å². The molecule has 1 saturated heterocycles. The highest BCUT2D eigenvalue weighted by Crippen LogP contribution is 2.33. The van der Waals surface area contributed by atoms with Crippen molar-refractivity contribution in [3.63, 3.8) is 0 Å². The van der Waals surface area contributed by atoms with E-state index in [0.717, 1.165) is 23.9 Å². The van der Waals surface area contributed by atoms with Gasteiger partial charge < -0.3 is 5.11 Å². The number of halogens is 1. The number of thioether (sulfide) groups is 1. The summed E-state index contributed by atoms with van der Waals surface area (Å²) >= 11 is 5.08. The van der Waals surface area contributed by atoms with Crippen LogP contribution in [0.15, 0.2) is 4.99 Å². The summed E-state index contributed by atoms with van der Waals surface area (Å²) in [6.07, 6.45) is 1.38. The largest absolute Gasteiger partial charge is 0.383 e. The molecule has 0 radical (unpaired) electrons. The Morgan fingerprint density at radius 2 is 2.21 bits per heavy atom. The third-order valence-electron chi connectivity index (χ3n) is 2.64. The van der Waals surface area contributed by atoms with Crippen LogP contribution in [0.5, 0.6) is 0 Å². The second-order valence-electron chi connectivity index (χ2n) is 3.75. The Labute approximate surface area is 96.0 Å². The highest BCUT2D eigenvalue weighted by atomic mass is 79.9. The summed E-state index contributed by atoms with van der Waals surface area (Å²) in [5.41, 5.74) is -0.719. The first-order valence-corrected chi connectivity index (χ1v) is 6.57. The summed E-state index contributed by atoms with van der Waals surface area (Å²) < 4.78 is 0. The highest BCUT2D eigenvalue weighted by Gasteiger charge is 2.39. The fourth-order valence-electron chi connectivity index (χ4n) is 1.71. The Morgan fingerprint density at radius 3 is 2.71 bits per heavy atom. The van der Waals surface area contributed by atoms with E-state index < -0.39 is 5.60 Å². The second kappa shape index (κ2) is 4.09. The summed E-state index contributed by atoms with van der Waals surface area (Å²) in [4.78, 5) is 4.56. The topological polar surface area (TPSA) is 61.8 Å². The maximum atomic E-state index is 10.4. The minimum absolute atomic E-state index is 0.169. The summed E-state index contributed by atoms with van der Waals surface area (Å²) in [6, 6.07) is 0. The number of hydrazine groups is 1. The van der Waals surface area contributed by atoms with Gasteiger partial charge in [-0.05, 0) is 12.8 Å². The third-order valence-corrected chi connectivity index (χ3v) is 4.84. The van der Waals surface area contributed by atoms with E-state index in [-0.39, 0.29) is 4.95 Å². The number of nitrogens with two attached hydrogens (primary N) is 1. The van der Waals surface area contributed by atoms with Gasteiger partial charge in [-0.25, -0.2) is 5.01 Å². The number of rotatable bonds is 1. The molecule has 0 saturated carbocycles. The monoisotopic (exact) mass is 279 g/mol. The zero-order chi connectivity index (χ0) is 10.2. The van der Waals surface area contributed by atoms with Gasteiger partial charge in [0.05, 0.1) is 0 Å².